The van der Waals surface area contributed by atoms with Crippen LogP contribution in [0.2, 0.25) is 0 Å². The van der Waals surface area contributed by atoms with Gasteiger partial charge in [-0.25, -0.2) is 0 Å². The molecule has 4 nitrogen and oxygen atoms in total. The minimum Gasteiger partial charge on any atom is -0.497 e. The summed E-state index contributed by atoms with van der Waals surface area (Å²) < 4.78 is 5.21. The summed E-state index contributed by atoms with van der Waals surface area (Å²) in [7, 11) is 1.63. The number of ether oxygens (including phenoxy) is 1. The second-order valence-electron chi connectivity index (χ2n) is 6.26. The van der Waals surface area contributed by atoms with Gasteiger partial charge in [-0.05, 0) is 65.9 Å². The lowest BCUT2D eigenvalue weighted by Gasteiger charge is -2.05. The fraction of sp³-hybridized carbons (Fsp3) is 0.286. The molecule has 4 heteroatoms. The van der Waals surface area contributed by atoms with E-state index in [2.05, 4.69) is 30.1 Å². The number of aromatic nitrogens is 1. The molecule has 0 aliphatic carbocycles. The number of aliphatic carboxylic acids is 1. The fourth-order valence-electron chi connectivity index (χ4n) is 3.17. The molecule has 0 aliphatic heterocycles. The third-order valence-electron chi connectivity index (χ3n) is 4.50. The second-order valence-corrected chi connectivity index (χ2v) is 6.26. The van der Waals surface area contributed by atoms with Crippen LogP contribution >= 0.6 is 0 Å². The maximum Gasteiger partial charge on any atom is 0.307 e. The molecular weight excluding hydrogens is 314 g/mol. The molecule has 2 aromatic carbocycles. The van der Waals surface area contributed by atoms with Crippen molar-refractivity contribution >= 4 is 16.9 Å². The highest BCUT2D eigenvalue weighted by atomic mass is 16.5. The highest BCUT2D eigenvalue weighted by Gasteiger charge is 2.16. The minimum atomic E-state index is -0.824. The maximum absolute atomic E-state index is 11.4. The zero-order chi connectivity index (χ0) is 17.8. The average Bonchev–Trinajstić information content (AvgIpc) is 2.97. The van der Waals surface area contributed by atoms with Gasteiger partial charge in [-0.15, -0.1) is 0 Å². The Bertz CT molecular complexity index is 878. The standard InChI is InChI=1S/C21H23NO3/c1-3-4-5-14-6-11-19-17(12-14)18(13-20(23)24)21(22-19)15-7-9-16(25-2)10-8-15/h6-12,22H,3-5,13H2,1-2H3,(H,23,24). The topological polar surface area (TPSA) is 62.3 Å². The number of aryl methyl sites for hydroxylation is 1. The molecule has 130 valence electrons. The van der Waals surface area contributed by atoms with E-state index in [1.165, 1.54) is 5.56 Å². The van der Waals surface area contributed by atoms with Crippen LogP contribution in [0.25, 0.3) is 22.2 Å². The summed E-state index contributed by atoms with van der Waals surface area (Å²) in [4.78, 5) is 14.8. The molecule has 0 amide bonds. The third-order valence-corrected chi connectivity index (χ3v) is 4.50. The van der Waals surface area contributed by atoms with Crippen molar-refractivity contribution in [1.29, 1.82) is 0 Å². The van der Waals surface area contributed by atoms with Crippen molar-refractivity contribution in [3.63, 3.8) is 0 Å². The van der Waals surface area contributed by atoms with Crippen LogP contribution < -0.4 is 4.74 Å². The van der Waals surface area contributed by atoms with Gasteiger partial charge < -0.3 is 14.8 Å². The van der Waals surface area contributed by atoms with Crippen molar-refractivity contribution in [2.24, 2.45) is 0 Å². The van der Waals surface area contributed by atoms with Crippen molar-refractivity contribution in [3.8, 4) is 17.0 Å². The van der Waals surface area contributed by atoms with Gasteiger partial charge in [0.2, 0.25) is 0 Å². The smallest absolute Gasteiger partial charge is 0.307 e. The molecule has 0 saturated heterocycles. The molecule has 2 N–H and O–H groups in total. The number of benzene rings is 2. The van der Waals surface area contributed by atoms with Gasteiger partial charge in [-0.2, -0.15) is 0 Å². The molecule has 1 aromatic heterocycles. The zero-order valence-corrected chi connectivity index (χ0v) is 14.6. The number of nitrogens with one attached hydrogen (secondary N) is 1. The number of unbranched alkanes of at least 4 members (excludes halogenated alkanes) is 1. The van der Waals surface area contributed by atoms with Gasteiger partial charge >= 0.3 is 5.97 Å². The minimum absolute atomic E-state index is 0.00140. The predicted molar refractivity (Wildman–Crippen MR) is 100 cm³/mol. The number of carbonyl (C=O) groups is 1. The van der Waals surface area contributed by atoms with Crippen LogP contribution in [-0.2, 0) is 17.6 Å². The number of hydrogen-bond donors (Lipinski definition) is 2. The zero-order valence-electron chi connectivity index (χ0n) is 14.6. The molecule has 0 bridgehead atoms. The molecule has 25 heavy (non-hydrogen) atoms. The Kier molecular flexibility index (Phi) is 5.08. The SMILES string of the molecule is CCCCc1ccc2[nH]c(-c3ccc(OC)cc3)c(CC(=O)O)c2c1. The van der Waals surface area contributed by atoms with Crippen LogP contribution in [-0.4, -0.2) is 23.2 Å². The van der Waals surface area contributed by atoms with Crippen LogP contribution in [0.3, 0.4) is 0 Å². The molecule has 0 unspecified atom stereocenters. The van der Waals surface area contributed by atoms with Gasteiger partial charge in [0.15, 0.2) is 0 Å². The molecule has 3 aromatic rings. The number of hydrogen-bond acceptors (Lipinski definition) is 2. The van der Waals surface area contributed by atoms with Crippen LogP contribution in [0, 0.1) is 0 Å². The number of carboxylic acids is 1. The molecule has 0 radical (unpaired) electrons. The van der Waals surface area contributed by atoms with Crippen LogP contribution in [0.5, 0.6) is 5.75 Å². The lowest BCUT2D eigenvalue weighted by molar-refractivity contribution is -0.136. The molecule has 1 heterocycles. The van der Waals surface area contributed by atoms with E-state index in [1.807, 2.05) is 24.3 Å². The number of aromatic amines is 1. The summed E-state index contributed by atoms with van der Waals surface area (Å²) in [5.74, 6) is -0.0453. The average molecular weight is 337 g/mol. The van der Waals surface area contributed by atoms with Crippen molar-refractivity contribution in [2.75, 3.05) is 7.11 Å². The summed E-state index contributed by atoms with van der Waals surface area (Å²) in [6.07, 6.45) is 3.29. The van der Waals surface area contributed by atoms with E-state index in [9.17, 15) is 9.90 Å². The maximum atomic E-state index is 11.4. The molecule has 0 fully saturated rings. The Balaban J connectivity index is 2.10. The number of methoxy groups -OCH3 is 1. The summed E-state index contributed by atoms with van der Waals surface area (Å²) in [6.45, 7) is 2.17. The van der Waals surface area contributed by atoms with Crippen LogP contribution in [0.15, 0.2) is 42.5 Å². The Labute approximate surface area is 147 Å². The Morgan fingerprint density at radius 1 is 1.16 bits per heavy atom. The van der Waals surface area contributed by atoms with Crippen molar-refractivity contribution in [3.05, 3.63) is 53.6 Å². The predicted octanol–water partition coefficient (Wildman–Crippen LogP) is 4.81. The number of rotatable bonds is 7. The monoisotopic (exact) mass is 337 g/mol. The third kappa shape index (κ3) is 3.68. The Hall–Kier alpha value is -2.75. The Morgan fingerprint density at radius 2 is 1.92 bits per heavy atom. The number of fused-ring (bicyclic) bond motifs is 1. The van der Waals surface area contributed by atoms with Gasteiger partial charge in [0.1, 0.15) is 5.75 Å². The molecular formula is C21H23NO3. The van der Waals surface area contributed by atoms with E-state index in [1.54, 1.807) is 7.11 Å². The van der Waals surface area contributed by atoms with Crippen LogP contribution in [0.4, 0.5) is 0 Å². The molecule has 3 rings (SSSR count). The normalized spacial score (nSPS) is 11.0. The Morgan fingerprint density at radius 3 is 2.56 bits per heavy atom. The first-order valence-corrected chi connectivity index (χ1v) is 8.62. The fourth-order valence-corrected chi connectivity index (χ4v) is 3.17. The number of H-pyrrole nitrogens is 1. The van der Waals surface area contributed by atoms with E-state index >= 15 is 0 Å². The molecule has 0 spiro atoms. The first-order chi connectivity index (χ1) is 12.1. The van der Waals surface area contributed by atoms with Crippen molar-refractivity contribution in [1.82, 2.24) is 4.98 Å². The van der Waals surface area contributed by atoms with Gasteiger partial charge in [-0.1, -0.05) is 19.4 Å². The van der Waals surface area contributed by atoms with Gasteiger partial charge in [-0.3, -0.25) is 4.79 Å². The van der Waals surface area contributed by atoms with Crippen molar-refractivity contribution in [2.45, 2.75) is 32.6 Å². The summed E-state index contributed by atoms with van der Waals surface area (Å²) in [5, 5.41) is 10.4. The quantitative estimate of drug-likeness (QED) is 0.650. The molecule has 0 saturated carbocycles. The largest absolute Gasteiger partial charge is 0.497 e. The second kappa shape index (κ2) is 7.43. The van der Waals surface area contributed by atoms with Gasteiger partial charge in [0.25, 0.3) is 0 Å². The first kappa shape index (κ1) is 17.1. The molecule has 0 aliphatic rings. The van der Waals surface area contributed by atoms with E-state index in [4.69, 9.17) is 4.74 Å². The lowest BCUT2D eigenvalue weighted by Crippen LogP contribution is -2.01. The summed E-state index contributed by atoms with van der Waals surface area (Å²) in [5.41, 5.74) is 4.89. The van der Waals surface area contributed by atoms with E-state index in [-0.39, 0.29) is 6.42 Å². The highest BCUT2D eigenvalue weighted by Crippen LogP contribution is 2.32. The van der Waals surface area contributed by atoms with Gasteiger partial charge in [0.05, 0.1) is 19.2 Å². The first-order valence-electron chi connectivity index (χ1n) is 8.62. The molecule has 0 atom stereocenters. The summed E-state index contributed by atoms with van der Waals surface area (Å²) >= 11 is 0. The van der Waals surface area contributed by atoms with E-state index < -0.39 is 5.97 Å². The van der Waals surface area contributed by atoms with Gasteiger partial charge in [0, 0.05) is 10.9 Å². The van der Waals surface area contributed by atoms with Crippen molar-refractivity contribution < 1.29 is 14.6 Å². The summed E-state index contributed by atoms with van der Waals surface area (Å²) in [6, 6.07) is 14.0. The highest BCUT2D eigenvalue weighted by molar-refractivity contribution is 5.94. The lowest BCUT2D eigenvalue weighted by atomic mass is 10.00. The van der Waals surface area contributed by atoms with Crippen LogP contribution in [0.1, 0.15) is 30.9 Å². The van der Waals surface area contributed by atoms with E-state index in [0.29, 0.717) is 0 Å². The number of carboxylic acid groups (broad SMARTS) is 1. The van der Waals surface area contributed by atoms with E-state index in [0.717, 1.165) is 52.7 Å².